The minimum atomic E-state index is -1.03. The summed E-state index contributed by atoms with van der Waals surface area (Å²) in [6.07, 6.45) is 3.91. The zero-order chi connectivity index (χ0) is 51.9. The molecule has 25 heteroatoms. The van der Waals surface area contributed by atoms with Gasteiger partial charge in [0, 0.05) is 28.9 Å². The Bertz CT molecular complexity index is 3020. The first-order chi connectivity index (χ1) is 33.1. The van der Waals surface area contributed by atoms with E-state index in [0.29, 0.717) is 32.9 Å². The fraction of sp³-hybridized carbons (Fsp3) is 0.244. The Morgan fingerprint density at radius 3 is 1.89 bits per heavy atom. The van der Waals surface area contributed by atoms with Gasteiger partial charge in [-0.2, -0.15) is 15.6 Å². The predicted molar refractivity (Wildman–Crippen MR) is 262 cm³/mol. The number of fused-ring (bicyclic) bond motifs is 2. The molecule has 0 atom stereocenters. The molecule has 4 aromatic heterocycles. The number of aromatic nitrogens is 4. The van der Waals surface area contributed by atoms with Gasteiger partial charge in [0.15, 0.2) is 11.5 Å². The van der Waals surface area contributed by atoms with Gasteiger partial charge < -0.3 is 34.4 Å². The maximum atomic E-state index is 12.4. The summed E-state index contributed by atoms with van der Waals surface area (Å²) in [7, 11) is 0. The number of ether oxygens (including phenoxy) is 5. The second-order valence-corrected chi connectivity index (χ2v) is 16.6. The van der Waals surface area contributed by atoms with Crippen molar-refractivity contribution in [1.29, 1.82) is 10.5 Å². The van der Waals surface area contributed by atoms with E-state index in [9.17, 15) is 24.0 Å². The van der Waals surface area contributed by atoms with Crippen molar-refractivity contribution in [1.82, 2.24) is 30.2 Å². The number of carbonyl (C=O) groups is 5. The molecule has 2 aromatic carbocycles. The number of nitrogens with two attached hydrogens (primary N) is 1. The van der Waals surface area contributed by atoms with Gasteiger partial charge in [0.05, 0.1) is 57.5 Å². The van der Waals surface area contributed by atoms with Gasteiger partial charge in [0.2, 0.25) is 11.6 Å². The Morgan fingerprint density at radius 1 is 0.800 bits per heavy atom. The lowest BCUT2D eigenvalue weighted by atomic mass is 10.2. The molecular weight excluding hydrogens is 996 g/mol. The third-order valence-corrected chi connectivity index (χ3v) is 9.57. The van der Waals surface area contributed by atoms with Crippen LogP contribution in [0.4, 0.5) is 25.8 Å². The molecule has 4 heterocycles. The number of nitrogen functional groups attached to an aromatic ring is 1. The van der Waals surface area contributed by atoms with Crippen molar-refractivity contribution in [2.45, 2.75) is 60.5 Å². The smallest absolute Gasteiger partial charge is 0.420 e. The molecule has 21 nitrogen and oxygen atoms in total. The Kier molecular flexibility index (Phi) is 19.5. The number of imide groups is 2. The first kappa shape index (κ1) is 54.8. The molecule has 6 rings (SSSR count). The Hall–Kier alpha value is -7.82. The van der Waals surface area contributed by atoms with Crippen molar-refractivity contribution < 1.29 is 47.7 Å². The summed E-state index contributed by atoms with van der Waals surface area (Å²) in [5.41, 5.74) is 10.8. The number of amides is 4. The van der Waals surface area contributed by atoms with Gasteiger partial charge in [-0.25, -0.2) is 28.9 Å². The molecule has 366 valence electrons. The van der Waals surface area contributed by atoms with Crippen LogP contribution in [-0.2, 0) is 23.8 Å². The molecule has 0 radical (unpaired) electrons. The van der Waals surface area contributed by atoms with E-state index in [2.05, 4.69) is 35.0 Å². The molecule has 0 aliphatic rings. The summed E-state index contributed by atoms with van der Waals surface area (Å²) in [6, 6.07) is 12.7. The van der Waals surface area contributed by atoms with Crippen molar-refractivity contribution in [2.24, 2.45) is 5.10 Å². The minimum Gasteiger partial charge on any atom is -0.453 e. The number of pyridine rings is 2. The molecule has 0 saturated carbocycles. The lowest BCUT2D eigenvalue weighted by molar-refractivity contribution is -0.119. The molecule has 4 amide bonds. The molecule has 0 fully saturated rings. The Labute approximate surface area is 419 Å². The van der Waals surface area contributed by atoms with Crippen molar-refractivity contribution in [3.05, 3.63) is 92.4 Å². The highest BCUT2D eigenvalue weighted by Gasteiger charge is 2.22. The van der Waals surface area contributed by atoms with E-state index in [1.807, 2.05) is 51.4 Å². The maximum Gasteiger partial charge on any atom is 0.420 e. The number of nitrogens with one attached hydrogen (secondary N) is 4. The average molecular weight is 1040 g/mol. The number of aromatic amines is 1. The lowest BCUT2D eigenvalue weighted by Gasteiger charge is -2.19. The highest BCUT2D eigenvalue weighted by Crippen LogP contribution is 2.40. The molecule has 0 spiro atoms. The van der Waals surface area contributed by atoms with Crippen LogP contribution in [0.15, 0.2) is 66.3 Å². The van der Waals surface area contributed by atoms with Crippen LogP contribution < -0.4 is 31.3 Å². The second kappa shape index (κ2) is 25.0. The van der Waals surface area contributed by atoms with Crippen LogP contribution in [0.3, 0.4) is 0 Å². The number of hydrazone groups is 1. The Balaban J connectivity index is 0.000000254. The number of anilines is 2. The molecular formula is C45H43Cl4N11O10. The second-order valence-electron chi connectivity index (χ2n) is 15.0. The van der Waals surface area contributed by atoms with Crippen molar-refractivity contribution in [3.63, 3.8) is 0 Å². The standard InChI is InChI=1S/C20H16Cl2N6O4.C19H19Cl2N3O3.C6H8N2O3/c1-3-31-20(30)26-19(29)16(7-23)28-27-11-4-14(21)17(15(22)5-11)32-12-6-13-10(2)8-24-18(13)25-9-12;1-10-9-24(18(25)27-19(2,3)4)17-13(10)7-12(8-23-17)26-16-14(20)5-11(22)6-15(16)21;1-2-11-6(10)8-5(9)3-4-7/h4-6,8-9,27H,3H2,1-2H3,(H,24,25)(H,26,29,30);5-9H,22H2,1-4H3;2-3H2,1H3,(H,8,9,10)/b28-16-;;. The van der Waals surface area contributed by atoms with Gasteiger partial charge in [-0.05, 0) is 96.0 Å². The number of benzene rings is 2. The quantitative estimate of drug-likeness (QED) is 0.0369. The largest absolute Gasteiger partial charge is 0.453 e. The van der Waals surface area contributed by atoms with Gasteiger partial charge in [0.25, 0.3) is 5.91 Å². The van der Waals surface area contributed by atoms with Gasteiger partial charge in [-0.15, -0.1) is 0 Å². The third-order valence-electron chi connectivity index (χ3n) is 8.44. The van der Waals surface area contributed by atoms with Crippen LogP contribution in [0.1, 0.15) is 52.2 Å². The number of aryl methyl sites for hydroxylation is 2. The van der Waals surface area contributed by atoms with E-state index in [1.165, 1.54) is 29.1 Å². The van der Waals surface area contributed by atoms with Crippen molar-refractivity contribution in [2.75, 3.05) is 24.4 Å². The molecule has 0 unspecified atom stereocenters. The summed E-state index contributed by atoms with van der Waals surface area (Å²) >= 11 is 24.9. The summed E-state index contributed by atoms with van der Waals surface area (Å²) < 4.78 is 27.4. The monoisotopic (exact) mass is 1040 g/mol. The van der Waals surface area contributed by atoms with Crippen LogP contribution >= 0.6 is 46.4 Å². The lowest BCUT2D eigenvalue weighted by Crippen LogP contribution is -2.36. The molecule has 0 bridgehead atoms. The summed E-state index contributed by atoms with van der Waals surface area (Å²) in [6.45, 7) is 12.7. The number of nitriles is 2. The van der Waals surface area contributed by atoms with Crippen LogP contribution in [-0.4, -0.2) is 74.1 Å². The van der Waals surface area contributed by atoms with Crippen LogP contribution in [0, 0.1) is 36.5 Å². The zero-order valence-electron chi connectivity index (χ0n) is 38.2. The van der Waals surface area contributed by atoms with E-state index in [-0.39, 0.29) is 46.9 Å². The zero-order valence-corrected chi connectivity index (χ0v) is 41.3. The van der Waals surface area contributed by atoms with E-state index < -0.39 is 41.4 Å². The topological polar surface area (TPSA) is 300 Å². The predicted octanol–water partition coefficient (Wildman–Crippen LogP) is 10.5. The normalized spacial score (nSPS) is 10.8. The number of hydrogen-bond acceptors (Lipinski definition) is 17. The molecule has 6 N–H and O–H groups in total. The number of H-pyrrole nitrogens is 1. The first-order valence-corrected chi connectivity index (χ1v) is 21.9. The van der Waals surface area contributed by atoms with E-state index >= 15 is 0 Å². The van der Waals surface area contributed by atoms with Crippen LogP contribution in [0.25, 0.3) is 22.1 Å². The molecule has 0 aliphatic heterocycles. The number of hydrogen-bond donors (Lipinski definition) is 5. The van der Waals surface area contributed by atoms with Crippen LogP contribution in [0.5, 0.6) is 23.0 Å². The van der Waals surface area contributed by atoms with Crippen molar-refractivity contribution in [3.8, 4) is 35.1 Å². The maximum absolute atomic E-state index is 12.4. The number of halogens is 4. The van der Waals surface area contributed by atoms with Gasteiger partial charge in [-0.3, -0.25) is 25.6 Å². The number of nitrogens with zero attached hydrogens (tertiary/aromatic N) is 6. The number of rotatable bonds is 10. The molecule has 70 heavy (non-hydrogen) atoms. The third kappa shape index (κ3) is 15.6. The number of carbonyl (C=O) groups excluding carboxylic acids is 5. The number of alkyl carbamates (subject to hydrolysis) is 2. The summed E-state index contributed by atoms with van der Waals surface area (Å²) in [5, 5.41) is 27.1. The van der Waals surface area contributed by atoms with Gasteiger partial charge >= 0.3 is 18.3 Å². The first-order valence-electron chi connectivity index (χ1n) is 20.4. The molecule has 6 aromatic rings. The highest BCUT2D eigenvalue weighted by molar-refractivity contribution is 6.47. The van der Waals surface area contributed by atoms with Crippen molar-refractivity contribution >= 4 is 116 Å². The molecule has 0 saturated heterocycles. The minimum absolute atomic E-state index is 0.0660. The molecule has 0 aliphatic carbocycles. The summed E-state index contributed by atoms with van der Waals surface area (Å²) in [4.78, 5) is 68.2. The SMILES string of the molecule is CCOC(=O)NC(=O)/C(C#N)=N\Nc1cc(Cl)c(Oc2cnc3[nH]cc(C)c3c2)c(Cl)c1.CCOC(=O)NC(=O)CC#N.Cc1cn(C(=O)OC(C)(C)C)c2ncc(Oc3c(Cl)cc(N)cc3Cl)cc12. The fourth-order valence-electron chi connectivity index (χ4n) is 5.52. The van der Waals surface area contributed by atoms with Crippen LogP contribution in [0.2, 0.25) is 20.1 Å². The summed E-state index contributed by atoms with van der Waals surface area (Å²) in [5.74, 6) is -0.327. The van der Waals surface area contributed by atoms with Gasteiger partial charge in [-0.1, -0.05) is 46.4 Å². The Morgan fingerprint density at radius 2 is 1.34 bits per heavy atom. The fourth-order valence-corrected chi connectivity index (χ4v) is 6.67. The average Bonchev–Trinajstić information content (AvgIpc) is 3.81. The van der Waals surface area contributed by atoms with Gasteiger partial charge in [0.1, 0.15) is 40.9 Å². The van der Waals surface area contributed by atoms with E-state index in [1.54, 1.807) is 56.4 Å². The van der Waals surface area contributed by atoms with E-state index in [4.69, 9.17) is 76.9 Å². The highest BCUT2D eigenvalue weighted by atomic mass is 35.5. The van der Waals surface area contributed by atoms with E-state index in [0.717, 1.165) is 27.5 Å².